The maximum atomic E-state index is 12.8. The molecule has 1 unspecified atom stereocenters. The van der Waals surface area contributed by atoms with Crippen molar-refractivity contribution in [1.29, 1.82) is 0 Å². The van der Waals surface area contributed by atoms with Gasteiger partial charge < -0.3 is 0 Å². The zero-order valence-electron chi connectivity index (χ0n) is 10.9. The Kier molecular flexibility index (Phi) is 3.58. The van der Waals surface area contributed by atoms with Crippen molar-refractivity contribution in [1.82, 2.24) is 5.32 Å². The smallest absolute Gasteiger partial charge is 0.296 e. The van der Waals surface area contributed by atoms with Gasteiger partial charge in [-0.1, -0.05) is 25.1 Å². The summed E-state index contributed by atoms with van der Waals surface area (Å²) < 4.78 is 38.3. The van der Waals surface area contributed by atoms with Crippen LogP contribution in [0.3, 0.4) is 0 Å². The van der Waals surface area contributed by atoms with Crippen molar-refractivity contribution in [2.75, 3.05) is 0 Å². The zero-order chi connectivity index (χ0) is 15.0. The minimum absolute atomic E-state index is 0.135. The van der Waals surface area contributed by atoms with E-state index in [9.17, 15) is 22.8 Å². The molecule has 20 heavy (non-hydrogen) atoms. The number of hydrogen-bond donors (Lipinski definition) is 1. The first-order valence-electron chi connectivity index (χ1n) is 6.31. The molecule has 3 nitrogen and oxygen atoms in total. The Morgan fingerprint density at radius 1 is 1.30 bits per heavy atom. The minimum Gasteiger partial charge on any atom is -0.296 e. The molecule has 1 N–H and O–H groups in total. The standard InChI is InChI=1S/C14H14F3NO2/c1-2-13(7-6-11(19)18-12(13)20)9-4-3-5-10(8-9)14(15,16)17/h3-5,8H,2,6-7H2,1H3,(H,18,19,20). The number of imide groups is 1. The number of carbonyl (C=O) groups excluding carboxylic acids is 2. The van der Waals surface area contributed by atoms with E-state index in [1.54, 1.807) is 6.92 Å². The van der Waals surface area contributed by atoms with Gasteiger partial charge in [-0.05, 0) is 24.5 Å². The third-order valence-electron chi connectivity index (χ3n) is 3.81. The van der Waals surface area contributed by atoms with Crippen molar-refractivity contribution in [3.05, 3.63) is 35.4 Å². The molecule has 1 saturated heterocycles. The van der Waals surface area contributed by atoms with Crippen LogP contribution in [-0.2, 0) is 21.2 Å². The molecular weight excluding hydrogens is 271 g/mol. The van der Waals surface area contributed by atoms with E-state index in [1.807, 2.05) is 0 Å². The minimum atomic E-state index is -4.45. The molecule has 1 atom stereocenters. The van der Waals surface area contributed by atoms with Crippen LogP contribution in [0.15, 0.2) is 24.3 Å². The number of benzene rings is 1. The van der Waals surface area contributed by atoms with Gasteiger partial charge in [0.2, 0.25) is 11.8 Å². The highest BCUT2D eigenvalue weighted by molar-refractivity contribution is 6.03. The molecule has 108 valence electrons. The van der Waals surface area contributed by atoms with Gasteiger partial charge in [-0.3, -0.25) is 14.9 Å². The largest absolute Gasteiger partial charge is 0.416 e. The van der Waals surface area contributed by atoms with Crippen molar-refractivity contribution in [3.8, 4) is 0 Å². The molecule has 0 bridgehead atoms. The summed E-state index contributed by atoms with van der Waals surface area (Å²) in [5.74, 6) is -0.901. The van der Waals surface area contributed by atoms with E-state index in [0.29, 0.717) is 12.0 Å². The van der Waals surface area contributed by atoms with Crippen LogP contribution in [0.2, 0.25) is 0 Å². The average Bonchev–Trinajstić information content (AvgIpc) is 2.39. The number of nitrogens with one attached hydrogen (secondary N) is 1. The van der Waals surface area contributed by atoms with E-state index < -0.39 is 23.1 Å². The highest BCUT2D eigenvalue weighted by Crippen LogP contribution is 2.38. The van der Waals surface area contributed by atoms with Crippen molar-refractivity contribution in [2.45, 2.75) is 37.8 Å². The second-order valence-corrected chi connectivity index (χ2v) is 4.89. The van der Waals surface area contributed by atoms with E-state index in [1.165, 1.54) is 12.1 Å². The summed E-state index contributed by atoms with van der Waals surface area (Å²) in [4.78, 5) is 23.3. The number of piperidine rings is 1. The molecule has 1 aromatic rings. The van der Waals surface area contributed by atoms with E-state index >= 15 is 0 Å². The summed E-state index contributed by atoms with van der Waals surface area (Å²) in [6.07, 6.45) is -3.75. The quantitative estimate of drug-likeness (QED) is 0.849. The van der Waals surface area contributed by atoms with Crippen LogP contribution in [0.25, 0.3) is 0 Å². The number of amides is 2. The van der Waals surface area contributed by atoms with E-state index in [-0.39, 0.29) is 18.7 Å². The summed E-state index contributed by atoms with van der Waals surface area (Å²) in [5, 5.41) is 2.22. The number of carbonyl (C=O) groups is 2. The SMILES string of the molecule is CCC1(c2cccc(C(F)(F)F)c2)CCC(=O)NC1=O. The molecule has 2 amide bonds. The third-order valence-corrected chi connectivity index (χ3v) is 3.81. The molecule has 1 aliphatic heterocycles. The van der Waals surface area contributed by atoms with Gasteiger partial charge in [-0.2, -0.15) is 13.2 Å². The lowest BCUT2D eigenvalue weighted by Crippen LogP contribution is -2.51. The molecule has 0 radical (unpaired) electrons. The second kappa shape index (κ2) is 4.92. The predicted octanol–water partition coefficient (Wildman–Crippen LogP) is 2.79. The van der Waals surface area contributed by atoms with Crippen LogP contribution in [0.4, 0.5) is 13.2 Å². The second-order valence-electron chi connectivity index (χ2n) is 4.89. The number of hydrogen-bond acceptors (Lipinski definition) is 2. The van der Waals surface area contributed by atoms with Gasteiger partial charge in [0.25, 0.3) is 0 Å². The van der Waals surface area contributed by atoms with Crippen LogP contribution in [0, 0.1) is 0 Å². The first-order chi connectivity index (χ1) is 9.29. The zero-order valence-corrected chi connectivity index (χ0v) is 10.9. The average molecular weight is 285 g/mol. The molecule has 2 rings (SSSR count). The Balaban J connectivity index is 2.47. The molecule has 1 aromatic carbocycles. The Morgan fingerprint density at radius 3 is 2.55 bits per heavy atom. The summed E-state index contributed by atoms with van der Waals surface area (Å²) in [7, 11) is 0. The van der Waals surface area contributed by atoms with E-state index in [2.05, 4.69) is 5.32 Å². The number of alkyl halides is 3. The summed E-state index contributed by atoms with van der Waals surface area (Å²) in [5.41, 5.74) is -1.54. The highest BCUT2D eigenvalue weighted by atomic mass is 19.4. The topological polar surface area (TPSA) is 46.2 Å². The van der Waals surface area contributed by atoms with Gasteiger partial charge in [0, 0.05) is 6.42 Å². The molecule has 6 heteroatoms. The van der Waals surface area contributed by atoms with Gasteiger partial charge in [0.05, 0.1) is 11.0 Å². The fourth-order valence-electron chi connectivity index (χ4n) is 2.56. The fourth-order valence-corrected chi connectivity index (χ4v) is 2.56. The van der Waals surface area contributed by atoms with Gasteiger partial charge in [0.15, 0.2) is 0 Å². The maximum absolute atomic E-state index is 12.8. The van der Waals surface area contributed by atoms with Crippen molar-refractivity contribution < 1.29 is 22.8 Å². The number of rotatable bonds is 2. The highest BCUT2D eigenvalue weighted by Gasteiger charge is 2.43. The van der Waals surface area contributed by atoms with Gasteiger partial charge in [0.1, 0.15) is 0 Å². The lowest BCUT2D eigenvalue weighted by Gasteiger charge is -2.35. The monoisotopic (exact) mass is 285 g/mol. The molecular formula is C14H14F3NO2. The third kappa shape index (κ3) is 2.42. The Hall–Kier alpha value is -1.85. The lowest BCUT2D eigenvalue weighted by molar-refractivity contribution is -0.140. The predicted molar refractivity (Wildman–Crippen MR) is 65.8 cm³/mol. The number of halogens is 3. The Bertz CT molecular complexity index is 554. The van der Waals surface area contributed by atoms with Crippen LogP contribution in [0.1, 0.15) is 37.3 Å². The molecule has 1 aliphatic rings. The van der Waals surface area contributed by atoms with E-state index in [4.69, 9.17) is 0 Å². The Labute approximate surface area is 114 Å². The van der Waals surface area contributed by atoms with Crippen molar-refractivity contribution >= 4 is 11.8 Å². The van der Waals surface area contributed by atoms with Crippen molar-refractivity contribution in [3.63, 3.8) is 0 Å². The van der Waals surface area contributed by atoms with E-state index in [0.717, 1.165) is 12.1 Å². The lowest BCUT2D eigenvalue weighted by atomic mass is 9.71. The summed E-state index contributed by atoms with van der Waals surface area (Å²) in [6, 6.07) is 4.77. The molecule has 0 aliphatic carbocycles. The Morgan fingerprint density at radius 2 is 2.00 bits per heavy atom. The summed E-state index contributed by atoms with van der Waals surface area (Å²) >= 11 is 0. The van der Waals surface area contributed by atoms with Gasteiger partial charge in [-0.25, -0.2) is 0 Å². The fraction of sp³-hybridized carbons (Fsp3) is 0.429. The van der Waals surface area contributed by atoms with Crippen LogP contribution >= 0.6 is 0 Å². The molecule has 1 heterocycles. The molecule has 0 aromatic heterocycles. The van der Waals surface area contributed by atoms with Gasteiger partial charge >= 0.3 is 6.18 Å². The molecule has 1 fully saturated rings. The van der Waals surface area contributed by atoms with Crippen molar-refractivity contribution in [2.24, 2.45) is 0 Å². The first kappa shape index (κ1) is 14.6. The molecule has 0 spiro atoms. The van der Waals surface area contributed by atoms with Gasteiger partial charge in [-0.15, -0.1) is 0 Å². The maximum Gasteiger partial charge on any atom is 0.416 e. The van der Waals surface area contributed by atoms with Crippen LogP contribution in [-0.4, -0.2) is 11.8 Å². The first-order valence-corrected chi connectivity index (χ1v) is 6.31. The summed E-state index contributed by atoms with van der Waals surface area (Å²) in [6.45, 7) is 1.73. The normalized spacial score (nSPS) is 23.6. The van der Waals surface area contributed by atoms with Crippen LogP contribution < -0.4 is 5.32 Å². The molecule has 0 saturated carbocycles. The van der Waals surface area contributed by atoms with Crippen LogP contribution in [0.5, 0.6) is 0 Å².